The molecule has 0 unspecified atom stereocenters. The summed E-state index contributed by atoms with van der Waals surface area (Å²) in [6.45, 7) is 3.32. The fourth-order valence-electron chi connectivity index (χ4n) is 3.46. The first-order chi connectivity index (χ1) is 13.1. The van der Waals surface area contributed by atoms with Crippen molar-refractivity contribution in [2.24, 2.45) is 0 Å². The molecule has 2 aromatic carbocycles. The SMILES string of the molecule is Cc1cccc2c(C(=O)NC[C@H]3CCCO3)cc(-c3ccc(Cl)cc3)nc12. The van der Waals surface area contributed by atoms with Crippen LogP contribution in [0.15, 0.2) is 48.5 Å². The Kier molecular flexibility index (Phi) is 5.10. The number of nitrogens with zero attached hydrogens (tertiary/aromatic N) is 1. The third-order valence-corrected chi connectivity index (χ3v) is 5.19. The Bertz CT molecular complexity index is 980. The fraction of sp³-hybridized carbons (Fsp3) is 0.273. The molecule has 1 aromatic heterocycles. The second-order valence-corrected chi connectivity index (χ2v) is 7.31. The van der Waals surface area contributed by atoms with Crippen molar-refractivity contribution >= 4 is 28.4 Å². The highest BCUT2D eigenvalue weighted by Gasteiger charge is 2.19. The van der Waals surface area contributed by atoms with Crippen LogP contribution in [0.3, 0.4) is 0 Å². The molecule has 4 rings (SSSR count). The molecule has 1 amide bonds. The number of aryl methyl sites for hydroxylation is 1. The number of rotatable bonds is 4. The molecule has 0 bridgehead atoms. The summed E-state index contributed by atoms with van der Waals surface area (Å²) in [7, 11) is 0. The summed E-state index contributed by atoms with van der Waals surface area (Å²) in [5.41, 5.74) is 4.20. The van der Waals surface area contributed by atoms with E-state index in [1.165, 1.54) is 0 Å². The van der Waals surface area contributed by atoms with Crippen LogP contribution in [0.5, 0.6) is 0 Å². The second-order valence-electron chi connectivity index (χ2n) is 6.88. The number of benzene rings is 2. The van der Waals surface area contributed by atoms with E-state index in [-0.39, 0.29) is 12.0 Å². The topological polar surface area (TPSA) is 51.2 Å². The molecule has 138 valence electrons. The molecule has 2 heterocycles. The third-order valence-electron chi connectivity index (χ3n) is 4.94. The quantitative estimate of drug-likeness (QED) is 0.709. The van der Waals surface area contributed by atoms with Gasteiger partial charge in [-0.15, -0.1) is 0 Å². The first-order valence-corrected chi connectivity index (χ1v) is 9.56. The van der Waals surface area contributed by atoms with Crippen molar-refractivity contribution in [2.45, 2.75) is 25.9 Å². The van der Waals surface area contributed by atoms with Gasteiger partial charge in [-0.1, -0.05) is 41.9 Å². The maximum atomic E-state index is 12.9. The number of aromatic nitrogens is 1. The van der Waals surface area contributed by atoms with Crippen LogP contribution < -0.4 is 5.32 Å². The van der Waals surface area contributed by atoms with Crippen LogP contribution in [-0.4, -0.2) is 30.1 Å². The second kappa shape index (κ2) is 7.67. The summed E-state index contributed by atoms with van der Waals surface area (Å²) in [6, 6.07) is 15.3. The minimum atomic E-state index is -0.0984. The van der Waals surface area contributed by atoms with Gasteiger partial charge in [-0.2, -0.15) is 0 Å². The molecule has 1 fully saturated rings. The van der Waals surface area contributed by atoms with Crippen molar-refractivity contribution in [1.82, 2.24) is 10.3 Å². The van der Waals surface area contributed by atoms with E-state index in [4.69, 9.17) is 21.3 Å². The van der Waals surface area contributed by atoms with Gasteiger partial charge in [0.25, 0.3) is 5.91 Å². The van der Waals surface area contributed by atoms with E-state index in [9.17, 15) is 4.79 Å². The molecule has 3 aromatic rings. The van der Waals surface area contributed by atoms with Gasteiger partial charge in [0.1, 0.15) is 0 Å². The highest BCUT2D eigenvalue weighted by molar-refractivity contribution is 6.30. The van der Waals surface area contributed by atoms with Crippen molar-refractivity contribution in [3.63, 3.8) is 0 Å². The van der Waals surface area contributed by atoms with Crippen molar-refractivity contribution in [1.29, 1.82) is 0 Å². The normalized spacial score (nSPS) is 16.6. The van der Waals surface area contributed by atoms with Crippen molar-refractivity contribution in [3.8, 4) is 11.3 Å². The lowest BCUT2D eigenvalue weighted by atomic mass is 10.0. The smallest absolute Gasteiger partial charge is 0.252 e. The number of pyridine rings is 1. The molecule has 0 saturated carbocycles. The first kappa shape index (κ1) is 18.0. The molecular weight excluding hydrogens is 360 g/mol. The van der Waals surface area contributed by atoms with Gasteiger partial charge in [-0.3, -0.25) is 4.79 Å². The predicted molar refractivity (Wildman–Crippen MR) is 108 cm³/mol. The van der Waals surface area contributed by atoms with Crippen LogP contribution in [0.4, 0.5) is 0 Å². The van der Waals surface area contributed by atoms with Gasteiger partial charge in [-0.25, -0.2) is 4.98 Å². The zero-order chi connectivity index (χ0) is 18.8. The Morgan fingerprint density at radius 3 is 2.81 bits per heavy atom. The minimum Gasteiger partial charge on any atom is -0.376 e. The zero-order valence-corrected chi connectivity index (χ0v) is 15.9. The lowest BCUT2D eigenvalue weighted by Gasteiger charge is -2.14. The Hall–Kier alpha value is -2.43. The average Bonchev–Trinajstić information content (AvgIpc) is 3.20. The molecule has 0 aliphatic carbocycles. The summed E-state index contributed by atoms with van der Waals surface area (Å²) >= 11 is 6.01. The highest BCUT2D eigenvalue weighted by Crippen LogP contribution is 2.27. The summed E-state index contributed by atoms with van der Waals surface area (Å²) in [4.78, 5) is 17.8. The number of nitrogens with one attached hydrogen (secondary N) is 1. The summed E-state index contributed by atoms with van der Waals surface area (Å²) in [6.07, 6.45) is 2.16. The molecule has 0 radical (unpaired) electrons. The average molecular weight is 381 g/mol. The monoisotopic (exact) mass is 380 g/mol. The number of para-hydroxylation sites is 1. The van der Waals surface area contributed by atoms with E-state index in [0.717, 1.165) is 47.2 Å². The van der Waals surface area contributed by atoms with Crippen LogP contribution in [0, 0.1) is 6.92 Å². The number of amides is 1. The molecule has 1 aliphatic rings. The van der Waals surface area contributed by atoms with Gasteiger partial charge in [0.05, 0.1) is 22.9 Å². The number of hydrogen-bond acceptors (Lipinski definition) is 3. The van der Waals surface area contributed by atoms with Crippen LogP contribution >= 0.6 is 11.6 Å². The first-order valence-electron chi connectivity index (χ1n) is 9.18. The standard InChI is InChI=1S/C22H21ClN2O2/c1-14-4-2-6-18-19(22(26)24-13-17-5-3-11-27-17)12-20(25-21(14)18)15-7-9-16(23)10-8-15/h2,4,6-10,12,17H,3,5,11,13H2,1H3,(H,24,26)/t17-/m1/s1. The van der Waals surface area contributed by atoms with Crippen LogP contribution in [0.25, 0.3) is 22.2 Å². The lowest BCUT2D eigenvalue weighted by molar-refractivity contribution is 0.0859. The number of hydrogen-bond donors (Lipinski definition) is 1. The van der Waals surface area contributed by atoms with Gasteiger partial charge < -0.3 is 10.1 Å². The Balaban J connectivity index is 1.74. The molecule has 1 atom stereocenters. The minimum absolute atomic E-state index is 0.0984. The van der Waals surface area contributed by atoms with Gasteiger partial charge in [0.2, 0.25) is 0 Å². The maximum absolute atomic E-state index is 12.9. The maximum Gasteiger partial charge on any atom is 0.252 e. The van der Waals surface area contributed by atoms with Crippen molar-refractivity contribution < 1.29 is 9.53 Å². The van der Waals surface area contributed by atoms with Crippen molar-refractivity contribution in [3.05, 3.63) is 64.7 Å². The fourth-order valence-corrected chi connectivity index (χ4v) is 3.58. The molecular formula is C22H21ClN2O2. The third kappa shape index (κ3) is 3.82. The lowest BCUT2D eigenvalue weighted by Crippen LogP contribution is -2.32. The molecule has 1 aliphatic heterocycles. The number of halogens is 1. The Labute approximate surface area is 163 Å². The summed E-state index contributed by atoms with van der Waals surface area (Å²) in [5.74, 6) is -0.0984. The number of ether oxygens (including phenoxy) is 1. The largest absolute Gasteiger partial charge is 0.376 e. The highest BCUT2D eigenvalue weighted by atomic mass is 35.5. The van der Waals surface area contributed by atoms with Crippen LogP contribution in [0.2, 0.25) is 5.02 Å². The Morgan fingerprint density at radius 2 is 2.07 bits per heavy atom. The summed E-state index contributed by atoms with van der Waals surface area (Å²) < 4.78 is 5.61. The molecule has 4 nitrogen and oxygen atoms in total. The zero-order valence-electron chi connectivity index (χ0n) is 15.2. The van der Waals surface area contributed by atoms with E-state index in [1.807, 2.05) is 55.5 Å². The van der Waals surface area contributed by atoms with E-state index in [1.54, 1.807) is 0 Å². The van der Waals surface area contributed by atoms with Crippen molar-refractivity contribution in [2.75, 3.05) is 13.2 Å². The van der Waals surface area contributed by atoms with Gasteiger partial charge >= 0.3 is 0 Å². The molecule has 1 saturated heterocycles. The van der Waals surface area contributed by atoms with E-state index in [0.29, 0.717) is 17.1 Å². The molecule has 5 heteroatoms. The molecule has 0 spiro atoms. The van der Waals surface area contributed by atoms with Crippen LogP contribution in [-0.2, 0) is 4.74 Å². The van der Waals surface area contributed by atoms with Gasteiger partial charge in [0, 0.05) is 29.1 Å². The number of fused-ring (bicyclic) bond motifs is 1. The summed E-state index contributed by atoms with van der Waals surface area (Å²) in [5, 5.41) is 4.56. The number of carbonyl (C=O) groups is 1. The molecule has 27 heavy (non-hydrogen) atoms. The number of carbonyl (C=O) groups excluding carboxylic acids is 1. The van der Waals surface area contributed by atoms with E-state index in [2.05, 4.69) is 5.32 Å². The predicted octanol–water partition coefficient (Wildman–Crippen LogP) is 4.77. The van der Waals surface area contributed by atoms with Gasteiger partial charge in [0.15, 0.2) is 0 Å². The van der Waals surface area contributed by atoms with Crippen LogP contribution in [0.1, 0.15) is 28.8 Å². The van der Waals surface area contributed by atoms with E-state index >= 15 is 0 Å². The van der Waals surface area contributed by atoms with E-state index < -0.39 is 0 Å². The molecule has 1 N–H and O–H groups in total. The Morgan fingerprint density at radius 1 is 1.26 bits per heavy atom. The van der Waals surface area contributed by atoms with Gasteiger partial charge in [-0.05, 0) is 43.5 Å².